The van der Waals surface area contributed by atoms with E-state index >= 15 is 0 Å². The fourth-order valence-corrected chi connectivity index (χ4v) is 4.29. The molecule has 0 atom stereocenters. The standard InChI is InChI=1S/C23H22N4O4S/c28-23(18-6-1-8-20(13-18)31-16-17-5-3-11-24-15-17)26-19-7-2-9-21(14-19)32(29,30)27-22-10-4-12-25-22/h1-3,5-9,11,13-15H,4,10,12,16H2,(H,25,27)(H,26,28). The van der Waals surface area contributed by atoms with Crippen LogP contribution in [0.3, 0.4) is 0 Å². The minimum atomic E-state index is -3.76. The summed E-state index contributed by atoms with van der Waals surface area (Å²) in [4.78, 5) is 21.0. The average molecular weight is 451 g/mol. The molecule has 0 unspecified atom stereocenters. The van der Waals surface area contributed by atoms with Crippen LogP contribution in [-0.2, 0) is 16.6 Å². The number of nitrogens with zero attached hydrogens (tertiary/aromatic N) is 2. The molecular weight excluding hydrogens is 428 g/mol. The summed E-state index contributed by atoms with van der Waals surface area (Å²) >= 11 is 0. The second kappa shape index (κ2) is 9.61. The van der Waals surface area contributed by atoms with Crippen molar-refractivity contribution in [3.05, 3.63) is 84.2 Å². The van der Waals surface area contributed by atoms with Crippen molar-refractivity contribution < 1.29 is 17.9 Å². The Labute approximate surface area is 186 Å². The van der Waals surface area contributed by atoms with Crippen molar-refractivity contribution in [3.8, 4) is 5.75 Å². The van der Waals surface area contributed by atoms with Gasteiger partial charge in [0.05, 0.1) is 4.90 Å². The van der Waals surface area contributed by atoms with E-state index < -0.39 is 10.0 Å². The molecule has 164 valence electrons. The van der Waals surface area contributed by atoms with Crippen LogP contribution in [0.25, 0.3) is 0 Å². The molecule has 0 saturated heterocycles. The van der Waals surface area contributed by atoms with Gasteiger partial charge in [-0.1, -0.05) is 18.2 Å². The van der Waals surface area contributed by atoms with Gasteiger partial charge in [-0.25, -0.2) is 8.42 Å². The predicted octanol–water partition coefficient (Wildman–Crippen LogP) is 3.38. The molecule has 9 heteroatoms. The van der Waals surface area contributed by atoms with Crippen LogP contribution < -0.4 is 14.8 Å². The van der Waals surface area contributed by atoms with Crippen molar-refractivity contribution >= 4 is 27.5 Å². The molecule has 0 bridgehead atoms. The summed E-state index contributed by atoms with van der Waals surface area (Å²) in [6.07, 6.45) is 4.84. The molecule has 1 aromatic heterocycles. The quantitative estimate of drug-likeness (QED) is 0.573. The molecule has 0 aliphatic carbocycles. The van der Waals surface area contributed by atoms with Gasteiger partial charge in [-0.05, 0) is 48.9 Å². The molecule has 0 saturated carbocycles. The van der Waals surface area contributed by atoms with Crippen LogP contribution in [0.5, 0.6) is 5.75 Å². The Morgan fingerprint density at radius 3 is 2.72 bits per heavy atom. The van der Waals surface area contributed by atoms with Gasteiger partial charge in [-0.15, -0.1) is 0 Å². The Bertz CT molecular complexity index is 1240. The maximum absolute atomic E-state index is 12.7. The lowest BCUT2D eigenvalue weighted by Crippen LogP contribution is -2.29. The number of sulfonamides is 1. The molecule has 32 heavy (non-hydrogen) atoms. The number of aliphatic imine (C=N–C) groups is 1. The number of pyridine rings is 1. The van der Waals surface area contributed by atoms with Gasteiger partial charge in [0.1, 0.15) is 18.2 Å². The Balaban J connectivity index is 1.43. The lowest BCUT2D eigenvalue weighted by atomic mass is 10.2. The van der Waals surface area contributed by atoms with Crippen molar-refractivity contribution in [3.63, 3.8) is 0 Å². The summed E-state index contributed by atoms with van der Waals surface area (Å²) in [6, 6.07) is 16.6. The summed E-state index contributed by atoms with van der Waals surface area (Å²) in [6.45, 7) is 0.954. The fraction of sp³-hybridized carbons (Fsp3) is 0.174. The van der Waals surface area contributed by atoms with Gasteiger partial charge in [0.2, 0.25) is 0 Å². The number of rotatable bonds is 7. The summed E-state index contributed by atoms with van der Waals surface area (Å²) in [5.74, 6) is 0.626. The number of ether oxygens (including phenoxy) is 1. The van der Waals surface area contributed by atoms with Crippen molar-refractivity contribution in [1.82, 2.24) is 9.71 Å². The van der Waals surface area contributed by atoms with E-state index in [9.17, 15) is 13.2 Å². The van der Waals surface area contributed by atoms with Gasteiger partial charge in [0.15, 0.2) is 0 Å². The maximum atomic E-state index is 12.7. The van der Waals surface area contributed by atoms with Crippen molar-refractivity contribution in [2.75, 3.05) is 11.9 Å². The lowest BCUT2D eigenvalue weighted by molar-refractivity contribution is 0.102. The number of benzene rings is 2. The molecule has 0 spiro atoms. The molecule has 2 heterocycles. The second-order valence-electron chi connectivity index (χ2n) is 7.20. The number of aromatic nitrogens is 1. The summed E-state index contributed by atoms with van der Waals surface area (Å²) in [5.41, 5.74) is 1.67. The van der Waals surface area contributed by atoms with E-state index in [2.05, 4.69) is 20.0 Å². The van der Waals surface area contributed by atoms with E-state index in [0.29, 0.717) is 42.4 Å². The van der Waals surface area contributed by atoms with E-state index in [0.717, 1.165) is 12.0 Å². The maximum Gasteiger partial charge on any atom is 0.262 e. The third kappa shape index (κ3) is 5.50. The zero-order valence-corrected chi connectivity index (χ0v) is 18.0. The number of hydrogen-bond acceptors (Lipinski definition) is 6. The van der Waals surface area contributed by atoms with Gasteiger partial charge in [0, 0.05) is 42.2 Å². The van der Waals surface area contributed by atoms with E-state index in [1.165, 1.54) is 12.1 Å². The molecule has 4 rings (SSSR count). The van der Waals surface area contributed by atoms with E-state index in [4.69, 9.17) is 4.74 Å². The number of anilines is 1. The lowest BCUT2D eigenvalue weighted by Gasteiger charge is -2.11. The van der Waals surface area contributed by atoms with Gasteiger partial charge in [-0.3, -0.25) is 19.5 Å². The number of amides is 1. The number of amidine groups is 1. The van der Waals surface area contributed by atoms with Gasteiger partial charge in [0.25, 0.3) is 15.9 Å². The average Bonchev–Trinajstić information content (AvgIpc) is 3.31. The van der Waals surface area contributed by atoms with Crippen LogP contribution in [0, 0.1) is 0 Å². The van der Waals surface area contributed by atoms with E-state index in [1.54, 1.807) is 48.8 Å². The molecule has 0 radical (unpaired) electrons. The molecule has 1 amide bonds. The highest BCUT2D eigenvalue weighted by molar-refractivity contribution is 7.90. The first kappa shape index (κ1) is 21.5. The second-order valence-corrected chi connectivity index (χ2v) is 8.88. The molecule has 1 aliphatic rings. The zero-order valence-electron chi connectivity index (χ0n) is 17.2. The highest BCUT2D eigenvalue weighted by Crippen LogP contribution is 2.19. The minimum absolute atomic E-state index is 0.0541. The number of hydrogen-bond donors (Lipinski definition) is 2. The van der Waals surface area contributed by atoms with Crippen molar-refractivity contribution in [2.24, 2.45) is 4.99 Å². The minimum Gasteiger partial charge on any atom is -0.489 e. The highest BCUT2D eigenvalue weighted by Gasteiger charge is 2.19. The third-order valence-corrected chi connectivity index (χ3v) is 6.13. The number of carbonyl (C=O) groups excluding carboxylic acids is 1. The number of carbonyl (C=O) groups is 1. The fourth-order valence-electron chi connectivity index (χ4n) is 3.16. The molecule has 1 aliphatic heterocycles. The van der Waals surface area contributed by atoms with Crippen LogP contribution in [0.4, 0.5) is 5.69 Å². The van der Waals surface area contributed by atoms with E-state index in [1.807, 2.05) is 12.1 Å². The largest absolute Gasteiger partial charge is 0.489 e. The monoisotopic (exact) mass is 450 g/mol. The van der Waals surface area contributed by atoms with Crippen LogP contribution in [0.2, 0.25) is 0 Å². The highest BCUT2D eigenvalue weighted by atomic mass is 32.2. The first-order valence-electron chi connectivity index (χ1n) is 10.1. The Kier molecular flexibility index (Phi) is 6.46. The third-order valence-electron chi connectivity index (χ3n) is 4.75. The number of nitrogens with one attached hydrogen (secondary N) is 2. The molecular formula is C23H22N4O4S. The SMILES string of the molecule is O=C(Nc1cccc(S(=O)(=O)NC2=NCCC2)c1)c1cccc(OCc2cccnc2)c1. The zero-order chi connectivity index (χ0) is 22.4. The van der Waals surface area contributed by atoms with Gasteiger partial charge < -0.3 is 10.1 Å². The molecule has 0 fully saturated rings. The predicted molar refractivity (Wildman–Crippen MR) is 121 cm³/mol. The van der Waals surface area contributed by atoms with Crippen molar-refractivity contribution in [1.29, 1.82) is 0 Å². The first-order valence-corrected chi connectivity index (χ1v) is 11.6. The Morgan fingerprint density at radius 2 is 1.94 bits per heavy atom. The Morgan fingerprint density at radius 1 is 1.06 bits per heavy atom. The van der Waals surface area contributed by atoms with Crippen LogP contribution in [0.15, 0.2) is 82.9 Å². The van der Waals surface area contributed by atoms with Gasteiger partial charge >= 0.3 is 0 Å². The summed E-state index contributed by atoms with van der Waals surface area (Å²) in [7, 11) is -3.76. The molecule has 2 N–H and O–H groups in total. The van der Waals surface area contributed by atoms with Gasteiger partial charge in [-0.2, -0.15) is 0 Å². The smallest absolute Gasteiger partial charge is 0.262 e. The van der Waals surface area contributed by atoms with Crippen LogP contribution in [-0.4, -0.2) is 31.7 Å². The first-order chi connectivity index (χ1) is 15.5. The topological polar surface area (TPSA) is 110 Å². The van der Waals surface area contributed by atoms with Crippen LogP contribution >= 0.6 is 0 Å². The summed E-state index contributed by atoms with van der Waals surface area (Å²) in [5, 5.41) is 2.74. The van der Waals surface area contributed by atoms with Crippen LogP contribution in [0.1, 0.15) is 28.8 Å². The summed E-state index contributed by atoms with van der Waals surface area (Å²) < 4.78 is 33.5. The Hall–Kier alpha value is -3.72. The molecule has 2 aromatic carbocycles. The molecule has 8 nitrogen and oxygen atoms in total. The normalized spacial score (nSPS) is 13.3. The van der Waals surface area contributed by atoms with E-state index in [-0.39, 0.29) is 10.8 Å². The van der Waals surface area contributed by atoms with Crippen molar-refractivity contribution in [2.45, 2.75) is 24.3 Å². The molecule has 3 aromatic rings.